The Labute approximate surface area is 249 Å². The Balaban J connectivity index is 1.32. The molecule has 2 nitrogen and oxygen atoms in total. The summed E-state index contributed by atoms with van der Waals surface area (Å²) in [7, 11) is 0. The van der Waals surface area contributed by atoms with E-state index in [1.807, 2.05) is 0 Å². The van der Waals surface area contributed by atoms with Crippen molar-refractivity contribution in [3.63, 3.8) is 0 Å². The number of hydrogen-bond acceptors (Lipinski definition) is 2. The Hall–Kier alpha value is -5.34. The highest BCUT2D eigenvalue weighted by molar-refractivity contribution is 5.81. The number of allylic oxidation sites excluding steroid dienone is 1. The monoisotopic (exact) mass is 542 g/mol. The van der Waals surface area contributed by atoms with Gasteiger partial charge in [-0.25, -0.2) is 0 Å². The molecule has 6 aromatic rings. The standard InChI is InChI=1S/C40H34N2/c1-3-12-32-14-11-20-40(30-32)42(36-17-8-5-9-18-36)38-27-23-34(24-28-38)33-21-25-37(26-22-33)41(35-15-6-4-7-16-35)39-19-10-13-31(2)29-39/h3-30H,1-2H3. The van der Waals surface area contributed by atoms with E-state index in [1.54, 1.807) is 0 Å². The second-order valence-electron chi connectivity index (χ2n) is 10.4. The van der Waals surface area contributed by atoms with E-state index >= 15 is 0 Å². The van der Waals surface area contributed by atoms with Gasteiger partial charge in [0, 0.05) is 34.1 Å². The van der Waals surface area contributed by atoms with Gasteiger partial charge in [0.15, 0.2) is 0 Å². The van der Waals surface area contributed by atoms with Crippen molar-refractivity contribution < 1.29 is 0 Å². The maximum atomic E-state index is 2.31. The lowest BCUT2D eigenvalue weighted by molar-refractivity contribution is 1.27. The topological polar surface area (TPSA) is 6.48 Å². The van der Waals surface area contributed by atoms with Gasteiger partial charge in [-0.2, -0.15) is 0 Å². The number of anilines is 6. The van der Waals surface area contributed by atoms with E-state index in [2.05, 4.69) is 194 Å². The predicted molar refractivity (Wildman–Crippen MR) is 181 cm³/mol. The lowest BCUT2D eigenvalue weighted by Crippen LogP contribution is -2.10. The highest BCUT2D eigenvalue weighted by Gasteiger charge is 2.14. The minimum absolute atomic E-state index is 1.12. The molecule has 204 valence electrons. The Morgan fingerprint density at radius 3 is 1.31 bits per heavy atom. The molecular formula is C40H34N2. The summed E-state index contributed by atoms with van der Waals surface area (Å²) >= 11 is 0. The highest BCUT2D eigenvalue weighted by atomic mass is 15.1. The second kappa shape index (κ2) is 12.4. The molecule has 0 aliphatic heterocycles. The minimum atomic E-state index is 1.12. The number of benzene rings is 6. The molecule has 0 N–H and O–H groups in total. The van der Waals surface area contributed by atoms with Crippen molar-refractivity contribution in [1.29, 1.82) is 0 Å². The zero-order chi connectivity index (χ0) is 28.7. The number of hydrogen-bond donors (Lipinski definition) is 0. The van der Waals surface area contributed by atoms with Crippen LogP contribution in [0.25, 0.3) is 17.2 Å². The average Bonchev–Trinajstić information content (AvgIpc) is 3.04. The first kappa shape index (κ1) is 26.9. The van der Waals surface area contributed by atoms with Gasteiger partial charge in [-0.1, -0.05) is 97.1 Å². The lowest BCUT2D eigenvalue weighted by Gasteiger charge is -2.26. The molecule has 0 aliphatic rings. The summed E-state index contributed by atoms with van der Waals surface area (Å²) in [4.78, 5) is 4.61. The third-order valence-corrected chi connectivity index (χ3v) is 7.36. The first-order chi connectivity index (χ1) is 20.7. The van der Waals surface area contributed by atoms with Gasteiger partial charge in [0.2, 0.25) is 0 Å². The highest BCUT2D eigenvalue weighted by Crippen LogP contribution is 2.38. The van der Waals surface area contributed by atoms with E-state index in [9.17, 15) is 0 Å². The molecule has 0 atom stereocenters. The maximum Gasteiger partial charge on any atom is 0.0467 e. The van der Waals surface area contributed by atoms with Crippen LogP contribution < -0.4 is 9.80 Å². The van der Waals surface area contributed by atoms with Crippen LogP contribution in [0.1, 0.15) is 18.1 Å². The van der Waals surface area contributed by atoms with Gasteiger partial charge < -0.3 is 9.80 Å². The Morgan fingerprint density at radius 1 is 0.405 bits per heavy atom. The minimum Gasteiger partial charge on any atom is -0.310 e. The molecule has 0 heterocycles. The molecule has 0 amide bonds. The quantitative estimate of drug-likeness (QED) is 0.189. The van der Waals surface area contributed by atoms with Crippen molar-refractivity contribution in [3.05, 3.63) is 175 Å². The predicted octanol–water partition coefficient (Wildman–Crippen LogP) is 11.6. The third kappa shape index (κ3) is 5.89. The van der Waals surface area contributed by atoms with Gasteiger partial charge in [-0.15, -0.1) is 0 Å². The fraction of sp³-hybridized carbons (Fsp3) is 0.0500. The fourth-order valence-electron chi connectivity index (χ4n) is 5.38. The SMILES string of the molecule is CC=Cc1cccc(N(c2ccccc2)c2ccc(-c3ccc(N(c4ccccc4)c4cccc(C)c4)cc3)cc2)c1. The normalized spacial score (nSPS) is 11.0. The van der Waals surface area contributed by atoms with Crippen molar-refractivity contribution >= 4 is 40.2 Å². The summed E-state index contributed by atoms with van der Waals surface area (Å²) in [6.07, 6.45) is 4.21. The van der Waals surface area contributed by atoms with Crippen molar-refractivity contribution in [2.24, 2.45) is 0 Å². The Morgan fingerprint density at radius 2 is 0.833 bits per heavy atom. The molecule has 0 unspecified atom stereocenters. The first-order valence-electron chi connectivity index (χ1n) is 14.4. The Bertz CT molecular complexity index is 1770. The first-order valence-corrected chi connectivity index (χ1v) is 14.4. The van der Waals surface area contributed by atoms with E-state index < -0.39 is 0 Å². The van der Waals surface area contributed by atoms with Crippen molar-refractivity contribution in [2.45, 2.75) is 13.8 Å². The molecule has 6 rings (SSSR count). The van der Waals surface area contributed by atoms with Crippen molar-refractivity contribution in [1.82, 2.24) is 0 Å². The van der Waals surface area contributed by atoms with Gasteiger partial charge in [-0.3, -0.25) is 0 Å². The summed E-state index contributed by atoms with van der Waals surface area (Å²) < 4.78 is 0. The van der Waals surface area contributed by atoms with Crippen molar-refractivity contribution in [2.75, 3.05) is 9.80 Å². The number of rotatable bonds is 8. The van der Waals surface area contributed by atoms with Crippen LogP contribution >= 0.6 is 0 Å². The largest absolute Gasteiger partial charge is 0.310 e. The number of para-hydroxylation sites is 2. The van der Waals surface area contributed by atoms with Crippen LogP contribution in [-0.2, 0) is 0 Å². The molecule has 2 heteroatoms. The van der Waals surface area contributed by atoms with E-state index in [4.69, 9.17) is 0 Å². The second-order valence-corrected chi connectivity index (χ2v) is 10.4. The number of aryl methyl sites for hydroxylation is 1. The molecular weight excluding hydrogens is 508 g/mol. The smallest absolute Gasteiger partial charge is 0.0467 e. The van der Waals surface area contributed by atoms with E-state index in [0.717, 1.165) is 34.1 Å². The molecule has 0 fully saturated rings. The van der Waals surface area contributed by atoms with Crippen LogP contribution in [0.2, 0.25) is 0 Å². The van der Waals surface area contributed by atoms with E-state index in [1.165, 1.54) is 22.3 Å². The zero-order valence-corrected chi connectivity index (χ0v) is 24.1. The van der Waals surface area contributed by atoms with E-state index in [0.29, 0.717) is 0 Å². The van der Waals surface area contributed by atoms with Crippen LogP contribution in [-0.4, -0.2) is 0 Å². The van der Waals surface area contributed by atoms with Gasteiger partial charge in [0.1, 0.15) is 0 Å². The maximum absolute atomic E-state index is 2.31. The summed E-state index contributed by atoms with van der Waals surface area (Å²) in [5.41, 5.74) is 11.6. The van der Waals surface area contributed by atoms with Crippen LogP contribution in [0.15, 0.2) is 164 Å². The van der Waals surface area contributed by atoms with Crippen LogP contribution in [0.3, 0.4) is 0 Å². The molecule has 42 heavy (non-hydrogen) atoms. The van der Waals surface area contributed by atoms with Gasteiger partial charge >= 0.3 is 0 Å². The third-order valence-electron chi connectivity index (χ3n) is 7.36. The van der Waals surface area contributed by atoms with Gasteiger partial charge in [0.05, 0.1) is 0 Å². The van der Waals surface area contributed by atoms with Crippen LogP contribution in [0.4, 0.5) is 34.1 Å². The summed E-state index contributed by atoms with van der Waals surface area (Å²) in [6, 6.07) is 56.1. The summed E-state index contributed by atoms with van der Waals surface area (Å²) in [5.74, 6) is 0. The molecule has 0 aromatic heterocycles. The molecule has 0 aliphatic carbocycles. The lowest BCUT2D eigenvalue weighted by atomic mass is 10.0. The van der Waals surface area contributed by atoms with Crippen LogP contribution in [0, 0.1) is 6.92 Å². The van der Waals surface area contributed by atoms with Crippen molar-refractivity contribution in [3.8, 4) is 11.1 Å². The molecule has 0 bridgehead atoms. The molecule has 0 saturated carbocycles. The zero-order valence-electron chi connectivity index (χ0n) is 24.1. The molecule has 0 spiro atoms. The molecule has 0 saturated heterocycles. The average molecular weight is 543 g/mol. The van der Waals surface area contributed by atoms with Crippen LogP contribution in [0.5, 0.6) is 0 Å². The van der Waals surface area contributed by atoms with Gasteiger partial charge in [-0.05, 0) is 109 Å². The molecule has 0 radical (unpaired) electrons. The van der Waals surface area contributed by atoms with E-state index in [-0.39, 0.29) is 0 Å². The summed E-state index contributed by atoms with van der Waals surface area (Å²) in [5, 5.41) is 0. The fourth-order valence-corrected chi connectivity index (χ4v) is 5.38. The van der Waals surface area contributed by atoms with Gasteiger partial charge in [0.25, 0.3) is 0 Å². The Kier molecular flexibility index (Phi) is 7.96. The number of nitrogens with zero attached hydrogens (tertiary/aromatic N) is 2. The molecule has 6 aromatic carbocycles. The summed E-state index contributed by atoms with van der Waals surface area (Å²) in [6.45, 7) is 4.19.